The molecule has 1 aliphatic rings. The van der Waals surface area contributed by atoms with Crippen molar-refractivity contribution in [1.29, 1.82) is 0 Å². The Bertz CT molecular complexity index is 632. The minimum absolute atomic E-state index is 0.0986. The molecule has 0 fully saturated rings. The lowest BCUT2D eigenvalue weighted by atomic mass is 10.1. The van der Waals surface area contributed by atoms with Crippen LogP contribution in [0.25, 0.3) is 11.0 Å². The first kappa shape index (κ1) is 10.1. The summed E-state index contributed by atoms with van der Waals surface area (Å²) < 4.78 is 5.49. The highest BCUT2D eigenvalue weighted by atomic mass is 16.5. The van der Waals surface area contributed by atoms with Gasteiger partial charge < -0.3 is 20.6 Å². The van der Waals surface area contributed by atoms with E-state index in [0.717, 1.165) is 11.1 Å². The third-order valence-electron chi connectivity index (χ3n) is 3.06. The van der Waals surface area contributed by atoms with Gasteiger partial charge in [0, 0.05) is 11.1 Å². The standard InChI is InChI=1S/C11H11N3O3/c1-4-8-5(3-17-4)9-6(14-10(8)12)2-7(13-9)11(15)16/h2,4,13H,3H2,1H3,(H2,12,14)(H,15,16)/t4-/m1/s1. The van der Waals surface area contributed by atoms with Crippen LogP contribution in [0, 0.1) is 0 Å². The fraction of sp³-hybridized carbons (Fsp3) is 0.273. The van der Waals surface area contributed by atoms with E-state index >= 15 is 0 Å². The lowest BCUT2D eigenvalue weighted by molar-refractivity contribution is 0.0691. The first-order chi connectivity index (χ1) is 8.08. The molecule has 6 heteroatoms. The molecule has 0 bridgehead atoms. The van der Waals surface area contributed by atoms with Gasteiger partial charge in [0.2, 0.25) is 0 Å². The van der Waals surface area contributed by atoms with Crippen LogP contribution < -0.4 is 5.73 Å². The van der Waals surface area contributed by atoms with Crippen LogP contribution in [-0.4, -0.2) is 21.0 Å². The maximum Gasteiger partial charge on any atom is 0.352 e. The first-order valence-electron chi connectivity index (χ1n) is 5.23. The molecule has 0 spiro atoms. The molecule has 1 aliphatic heterocycles. The van der Waals surface area contributed by atoms with Crippen LogP contribution in [0.5, 0.6) is 0 Å². The lowest BCUT2D eigenvalue weighted by Gasteiger charge is -2.06. The maximum atomic E-state index is 10.9. The molecule has 0 radical (unpaired) electrons. The highest BCUT2D eigenvalue weighted by molar-refractivity contribution is 5.94. The van der Waals surface area contributed by atoms with Crippen LogP contribution in [0.3, 0.4) is 0 Å². The molecule has 1 atom stereocenters. The van der Waals surface area contributed by atoms with E-state index in [1.54, 1.807) is 0 Å². The Morgan fingerprint density at radius 2 is 2.47 bits per heavy atom. The third kappa shape index (κ3) is 1.31. The number of H-pyrrole nitrogens is 1. The zero-order valence-electron chi connectivity index (χ0n) is 9.15. The fourth-order valence-corrected chi connectivity index (χ4v) is 2.25. The number of carboxylic acids is 1. The van der Waals surface area contributed by atoms with Crippen molar-refractivity contribution in [2.24, 2.45) is 0 Å². The summed E-state index contributed by atoms with van der Waals surface area (Å²) in [7, 11) is 0. The Kier molecular flexibility index (Phi) is 1.90. The first-order valence-corrected chi connectivity index (χ1v) is 5.23. The van der Waals surface area contributed by atoms with Gasteiger partial charge in [-0.2, -0.15) is 0 Å². The summed E-state index contributed by atoms with van der Waals surface area (Å²) in [6.45, 7) is 2.33. The van der Waals surface area contributed by atoms with E-state index in [2.05, 4.69) is 9.97 Å². The molecule has 6 nitrogen and oxygen atoms in total. The van der Waals surface area contributed by atoms with E-state index in [1.807, 2.05) is 6.92 Å². The zero-order valence-corrected chi connectivity index (χ0v) is 9.15. The number of nitrogens with one attached hydrogen (secondary N) is 1. The molecule has 0 saturated carbocycles. The van der Waals surface area contributed by atoms with E-state index in [-0.39, 0.29) is 11.8 Å². The van der Waals surface area contributed by atoms with Gasteiger partial charge in [-0.15, -0.1) is 0 Å². The number of aromatic amines is 1. The third-order valence-corrected chi connectivity index (χ3v) is 3.06. The second kappa shape index (κ2) is 3.21. The second-order valence-electron chi connectivity index (χ2n) is 4.09. The molecule has 4 N–H and O–H groups in total. The van der Waals surface area contributed by atoms with Crippen LogP contribution in [0.2, 0.25) is 0 Å². The number of nitrogens with two attached hydrogens (primary N) is 1. The van der Waals surface area contributed by atoms with Gasteiger partial charge >= 0.3 is 5.97 Å². The summed E-state index contributed by atoms with van der Waals surface area (Å²) in [4.78, 5) is 17.9. The molecule has 17 heavy (non-hydrogen) atoms. The monoisotopic (exact) mass is 233 g/mol. The summed E-state index contributed by atoms with van der Waals surface area (Å²) in [5, 5.41) is 8.93. The van der Waals surface area contributed by atoms with Crippen molar-refractivity contribution in [3.63, 3.8) is 0 Å². The molecule has 0 unspecified atom stereocenters. The van der Waals surface area contributed by atoms with Crippen LogP contribution in [0.1, 0.15) is 34.6 Å². The highest BCUT2D eigenvalue weighted by Gasteiger charge is 2.26. The van der Waals surface area contributed by atoms with E-state index in [1.165, 1.54) is 6.07 Å². The summed E-state index contributed by atoms with van der Waals surface area (Å²) in [5.74, 6) is -0.601. The number of ether oxygens (including phenoxy) is 1. The quantitative estimate of drug-likeness (QED) is 0.691. The summed E-state index contributed by atoms with van der Waals surface area (Å²) >= 11 is 0. The second-order valence-corrected chi connectivity index (χ2v) is 4.09. The number of fused-ring (bicyclic) bond motifs is 3. The van der Waals surface area contributed by atoms with Crippen molar-refractivity contribution in [3.8, 4) is 0 Å². The molecule has 0 saturated heterocycles. The average Bonchev–Trinajstić information content (AvgIpc) is 2.82. The fourth-order valence-electron chi connectivity index (χ4n) is 2.25. The number of hydrogen-bond donors (Lipinski definition) is 3. The summed E-state index contributed by atoms with van der Waals surface area (Å²) in [6.07, 6.45) is -0.0986. The number of aromatic nitrogens is 2. The molecule has 0 aliphatic carbocycles. The number of hydrogen-bond acceptors (Lipinski definition) is 4. The van der Waals surface area contributed by atoms with Crippen molar-refractivity contribution >= 4 is 22.8 Å². The topological polar surface area (TPSA) is 101 Å². The van der Waals surface area contributed by atoms with E-state index in [0.29, 0.717) is 23.5 Å². The largest absolute Gasteiger partial charge is 0.477 e. The molecule has 2 aromatic rings. The van der Waals surface area contributed by atoms with Gasteiger partial charge in [-0.3, -0.25) is 0 Å². The number of nitrogen functional groups attached to an aromatic ring is 1. The Balaban J connectivity index is 2.34. The van der Waals surface area contributed by atoms with Gasteiger partial charge in [-0.25, -0.2) is 9.78 Å². The average molecular weight is 233 g/mol. The van der Waals surface area contributed by atoms with Gasteiger partial charge in [-0.05, 0) is 13.0 Å². The molecule has 88 valence electrons. The minimum atomic E-state index is -1.01. The maximum absolute atomic E-state index is 10.9. The molecular weight excluding hydrogens is 222 g/mol. The van der Waals surface area contributed by atoms with E-state index in [9.17, 15) is 4.79 Å². The molecule has 0 aromatic carbocycles. The Hall–Kier alpha value is -2.08. The van der Waals surface area contributed by atoms with Crippen molar-refractivity contribution in [2.75, 3.05) is 5.73 Å². The normalized spacial score (nSPS) is 18.5. The number of anilines is 1. The minimum Gasteiger partial charge on any atom is -0.477 e. The predicted molar refractivity (Wildman–Crippen MR) is 60.7 cm³/mol. The predicted octanol–water partition coefficient (Wildman–Crippen LogP) is 1.43. The number of rotatable bonds is 1. The number of aromatic carboxylic acids is 1. The van der Waals surface area contributed by atoms with Gasteiger partial charge in [0.25, 0.3) is 0 Å². The number of carboxylic acid groups (broad SMARTS) is 1. The molecule has 2 aromatic heterocycles. The molecular formula is C11H11N3O3. The smallest absolute Gasteiger partial charge is 0.352 e. The van der Waals surface area contributed by atoms with Crippen molar-refractivity contribution in [3.05, 3.63) is 22.9 Å². The van der Waals surface area contributed by atoms with Crippen molar-refractivity contribution in [1.82, 2.24) is 9.97 Å². The van der Waals surface area contributed by atoms with Gasteiger partial charge in [0.1, 0.15) is 11.5 Å². The molecule has 0 amide bonds. The highest BCUT2D eigenvalue weighted by Crippen LogP contribution is 2.37. The number of nitrogens with zero attached hydrogens (tertiary/aromatic N) is 1. The van der Waals surface area contributed by atoms with E-state index < -0.39 is 5.97 Å². The van der Waals surface area contributed by atoms with Crippen molar-refractivity contribution < 1.29 is 14.6 Å². The Labute approximate surface area is 96.4 Å². The van der Waals surface area contributed by atoms with Crippen LogP contribution in [0.15, 0.2) is 6.07 Å². The van der Waals surface area contributed by atoms with Crippen molar-refractivity contribution in [2.45, 2.75) is 19.6 Å². The summed E-state index contributed by atoms with van der Waals surface area (Å²) in [5.41, 5.74) is 9.01. The number of pyridine rings is 1. The van der Waals surface area contributed by atoms with Gasteiger partial charge in [0.15, 0.2) is 0 Å². The Morgan fingerprint density at radius 3 is 3.18 bits per heavy atom. The lowest BCUT2D eigenvalue weighted by Crippen LogP contribution is -2.00. The van der Waals surface area contributed by atoms with Gasteiger partial charge in [0.05, 0.1) is 23.7 Å². The van der Waals surface area contributed by atoms with Gasteiger partial charge in [-0.1, -0.05) is 0 Å². The van der Waals surface area contributed by atoms with Crippen LogP contribution in [0.4, 0.5) is 5.82 Å². The van der Waals surface area contributed by atoms with Crippen LogP contribution in [-0.2, 0) is 11.3 Å². The molecule has 3 rings (SSSR count). The molecule has 3 heterocycles. The van der Waals surface area contributed by atoms with E-state index in [4.69, 9.17) is 15.6 Å². The Morgan fingerprint density at radius 1 is 1.71 bits per heavy atom. The number of carbonyl (C=O) groups is 1. The summed E-state index contributed by atoms with van der Waals surface area (Å²) in [6, 6.07) is 1.48. The zero-order chi connectivity index (χ0) is 12.2. The van der Waals surface area contributed by atoms with Crippen LogP contribution >= 0.6 is 0 Å². The SMILES string of the molecule is C[C@H]1OCc2c1c(N)nc1cc(C(=O)O)[nH]c21.